The summed E-state index contributed by atoms with van der Waals surface area (Å²) in [5, 5.41) is 16.1. The summed E-state index contributed by atoms with van der Waals surface area (Å²) in [6.07, 6.45) is 5.46. The lowest BCUT2D eigenvalue weighted by Gasteiger charge is -2.17. The van der Waals surface area contributed by atoms with Crippen molar-refractivity contribution in [2.45, 2.75) is 13.0 Å². The minimum atomic E-state index is -0.431. The van der Waals surface area contributed by atoms with Gasteiger partial charge in [0.15, 0.2) is 0 Å². The molecule has 1 saturated heterocycles. The summed E-state index contributed by atoms with van der Waals surface area (Å²) in [5.41, 5.74) is 2.76. The summed E-state index contributed by atoms with van der Waals surface area (Å²) in [6, 6.07) is 7.77. The third-order valence-electron chi connectivity index (χ3n) is 5.27. The van der Waals surface area contributed by atoms with E-state index in [1.807, 2.05) is 0 Å². The van der Waals surface area contributed by atoms with E-state index < -0.39 is 17.6 Å². The number of aliphatic hydroxyl groups excluding tert-OH is 1. The van der Waals surface area contributed by atoms with Gasteiger partial charge in [0, 0.05) is 43.8 Å². The molecule has 1 unspecified atom stereocenters. The number of anilines is 1. The molecule has 1 aliphatic rings. The van der Waals surface area contributed by atoms with Crippen molar-refractivity contribution in [1.82, 2.24) is 20.1 Å². The van der Waals surface area contributed by atoms with Gasteiger partial charge in [-0.15, -0.1) is 0 Å². The Kier molecular flexibility index (Phi) is 5.77. The van der Waals surface area contributed by atoms with E-state index in [1.54, 1.807) is 47.2 Å². The largest absolute Gasteiger partial charge is 0.396 e. The first kappa shape index (κ1) is 20.7. The molecule has 8 nitrogen and oxygen atoms in total. The van der Waals surface area contributed by atoms with Crippen LogP contribution in [-0.2, 0) is 18.4 Å². The number of pyridine rings is 1. The van der Waals surface area contributed by atoms with Crippen LogP contribution in [0.1, 0.15) is 22.5 Å². The number of aromatic nitrogens is 3. The Morgan fingerprint density at radius 1 is 1.29 bits per heavy atom. The molecule has 2 aromatic heterocycles. The maximum atomic E-state index is 14.1. The van der Waals surface area contributed by atoms with Crippen molar-refractivity contribution in [1.29, 1.82) is 0 Å². The molecule has 2 N–H and O–H groups in total. The van der Waals surface area contributed by atoms with Crippen molar-refractivity contribution in [3.05, 3.63) is 66.0 Å². The lowest BCUT2D eigenvalue weighted by molar-refractivity contribution is -0.121. The maximum Gasteiger partial charge on any atom is 0.270 e. The molecular weight excluding hydrogens is 401 g/mol. The average Bonchev–Trinajstić information content (AvgIpc) is 3.37. The van der Waals surface area contributed by atoms with Crippen LogP contribution < -0.4 is 10.2 Å². The fraction of sp³-hybridized carbons (Fsp3) is 0.273. The smallest absolute Gasteiger partial charge is 0.270 e. The lowest BCUT2D eigenvalue weighted by Crippen LogP contribution is -2.29. The number of benzene rings is 1. The van der Waals surface area contributed by atoms with Crippen molar-refractivity contribution < 1.29 is 19.1 Å². The number of carbonyl (C=O) groups is 2. The summed E-state index contributed by atoms with van der Waals surface area (Å²) in [4.78, 5) is 30.6. The minimum absolute atomic E-state index is 0.116. The normalized spacial score (nSPS) is 16.0. The van der Waals surface area contributed by atoms with Crippen LogP contribution in [0.25, 0.3) is 11.1 Å². The predicted octanol–water partition coefficient (Wildman–Crippen LogP) is 1.90. The Balaban J connectivity index is 1.46. The molecule has 0 aliphatic carbocycles. The summed E-state index contributed by atoms with van der Waals surface area (Å²) in [6.45, 7) is 0.406. The maximum absolute atomic E-state index is 14.1. The van der Waals surface area contributed by atoms with Gasteiger partial charge in [-0.1, -0.05) is 0 Å². The van der Waals surface area contributed by atoms with Crippen LogP contribution in [-0.4, -0.2) is 44.8 Å². The molecule has 31 heavy (non-hydrogen) atoms. The van der Waals surface area contributed by atoms with Crippen LogP contribution in [0.3, 0.4) is 0 Å². The van der Waals surface area contributed by atoms with E-state index >= 15 is 0 Å². The van der Waals surface area contributed by atoms with E-state index in [0.717, 1.165) is 5.56 Å². The SMILES string of the molecule is Cn1cc(-c2cc(F)cc(CNC(=O)c3cc(N4CCC(CO)C4=O)ccn3)c2)cn1. The topological polar surface area (TPSA) is 100 Å². The number of aliphatic hydroxyl groups is 1. The molecule has 1 aromatic carbocycles. The van der Waals surface area contributed by atoms with Crippen LogP contribution in [0, 0.1) is 11.7 Å². The Hall–Kier alpha value is -3.59. The number of rotatable bonds is 6. The molecule has 0 bridgehead atoms. The second-order valence-corrected chi connectivity index (χ2v) is 7.49. The summed E-state index contributed by atoms with van der Waals surface area (Å²) >= 11 is 0. The fourth-order valence-electron chi connectivity index (χ4n) is 3.64. The number of halogens is 1. The van der Waals surface area contributed by atoms with Crippen molar-refractivity contribution in [3.8, 4) is 11.1 Å². The van der Waals surface area contributed by atoms with Crippen molar-refractivity contribution in [2.75, 3.05) is 18.1 Å². The lowest BCUT2D eigenvalue weighted by atomic mass is 10.1. The third-order valence-corrected chi connectivity index (χ3v) is 5.27. The van der Waals surface area contributed by atoms with E-state index in [1.165, 1.54) is 18.3 Å². The molecule has 1 atom stereocenters. The van der Waals surface area contributed by atoms with E-state index in [4.69, 9.17) is 0 Å². The van der Waals surface area contributed by atoms with Gasteiger partial charge in [-0.2, -0.15) is 5.10 Å². The number of hydrogen-bond donors (Lipinski definition) is 2. The molecule has 1 aliphatic heterocycles. The standard InChI is InChI=1S/C22H22FN5O3/c1-27-12-17(11-26-27)16-6-14(7-18(23)8-16)10-25-21(30)20-9-19(2-4-24-20)28-5-3-15(13-29)22(28)31/h2,4,6-9,11-12,15,29H,3,5,10,13H2,1H3,(H,25,30). The van der Waals surface area contributed by atoms with Gasteiger partial charge in [0.25, 0.3) is 5.91 Å². The van der Waals surface area contributed by atoms with Crippen molar-refractivity contribution in [3.63, 3.8) is 0 Å². The van der Waals surface area contributed by atoms with Crippen molar-refractivity contribution in [2.24, 2.45) is 13.0 Å². The molecule has 160 valence electrons. The number of carbonyl (C=O) groups excluding carboxylic acids is 2. The van der Waals surface area contributed by atoms with Gasteiger partial charge in [0.2, 0.25) is 5.91 Å². The Labute approximate surface area is 178 Å². The van der Waals surface area contributed by atoms with E-state index in [2.05, 4.69) is 15.4 Å². The summed E-state index contributed by atoms with van der Waals surface area (Å²) in [7, 11) is 1.78. The van der Waals surface area contributed by atoms with Gasteiger partial charge < -0.3 is 15.3 Å². The van der Waals surface area contributed by atoms with Crippen LogP contribution in [0.15, 0.2) is 48.9 Å². The second kappa shape index (κ2) is 8.65. The van der Waals surface area contributed by atoms with Gasteiger partial charge in [0.1, 0.15) is 11.5 Å². The van der Waals surface area contributed by atoms with Gasteiger partial charge in [0.05, 0.1) is 18.7 Å². The first-order valence-electron chi connectivity index (χ1n) is 9.89. The molecule has 0 radical (unpaired) electrons. The van der Waals surface area contributed by atoms with E-state index in [-0.39, 0.29) is 24.8 Å². The third kappa shape index (κ3) is 4.46. The predicted molar refractivity (Wildman–Crippen MR) is 112 cm³/mol. The molecule has 3 aromatic rings. The Bertz CT molecular complexity index is 1130. The first-order chi connectivity index (χ1) is 14.9. The zero-order valence-corrected chi connectivity index (χ0v) is 17.0. The Morgan fingerprint density at radius 3 is 2.84 bits per heavy atom. The molecule has 0 spiro atoms. The Morgan fingerprint density at radius 2 is 2.13 bits per heavy atom. The molecule has 2 amide bonds. The molecule has 1 fully saturated rings. The number of nitrogens with one attached hydrogen (secondary N) is 1. The zero-order chi connectivity index (χ0) is 22.0. The monoisotopic (exact) mass is 423 g/mol. The second-order valence-electron chi connectivity index (χ2n) is 7.49. The number of amides is 2. The summed E-state index contributed by atoms with van der Waals surface area (Å²) < 4.78 is 15.7. The molecule has 0 saturated carbocycles. The highest BCUT2D eigenvalue weighted by molar-refractivity contribution is 5.99. The van der Waals surface area contributed by atoms with Crippen LogP contribution in [0.4, 0.5) is 10.1 Å². The quantitative estimate of drug-likeness (QED) is 0.631. The molecule has 3 heterocycles. The number of aryl methyl sites for hydroxylation is 1. The fourth-order valence-corrected chi connectivity index (χ4v) is 3.64. The molecule has 4 rings (SSSR count). The van der Waals surface area contributed by atoms with Gasteiger partial charge >= 0.3 is 0 Å². The van der Waals surface area contributed by atoms with E-state index in [0.29, 0.717) is 29.8 Å². The minimum Gasteiger partial charge on any atom is -0.396 e. The van der Waals surface area contributed by atoms with Gasteiger partial charge in [-0.25, -0.2) is 4.39 Å². The van der Waals surface area contributed by atoms with Crippen molar-refractivity contribution >= 4 is 17.5 Å². The summed E-state index contributed by atoms with van der Waals surface area (Å²) in [5.74, 6) is -1.41. The zero-order valence-electron chi connectivity index (χ0n) is 17.0. The van der Waals surface area contributed by atoms with Crippen LogP contribution >= 0.6 is 0 Å². The van der Waals surface area contributed by atoms with E-state index in [9.17, 15) is 19.1 Å². The van der Waals surface area contributed by atoms with Crippen LogP contribution in [0.2, 0.25) is 0 Å². The highest BCUT2D eigenvalue weighted by Gasteiger charge is 2.32. The first-order valence-corrected chi connectivity index (χ1v) is 9.89. The average molecular weight is 423 g/mol. The van der Waals surface area contributed by atoms with Crippen LogP contribution in [0.5, 0.6) is 0 Å². The molecule has 9 heteroatoms. The van der Waals surface area contributed by atoms with Gasteiger partial charge in [-0.3, -0.25) is 19.3 Å². The molecular formula is C22H22FN5O3. The number of hydrogen-bond acceptors (Lipinski definition) is 5. The highest BCUT2D eigenvalue weighted by Crippen LogP contribution is 2.25. The highest BCUT2D eigenvalue weighted by atomic mass is 19.1. The van der Waals surface area contributed by atoms with Gasteiger partial charge in [-0.05, 0) is 47.9 Å². The number of nitrogens with zero attached hydrogens (tertiary/aromatic N) is 4.